The minimum atomic E-state index is -1.27. The summed E-state index contributed by atoms with van der Waals surface area (Å²) in [5.41, 5.74) is 4.65. The Morgan fingerprint density at radius 3 is 2.78 bits per heavy atom. The fraction of sp³-hybridized carbons (Fsp3) is 0.222. The molecular weight excluding hydrogens is 481 g/mol. The molecule has 182 valence electrons. The molecule has 1 unspecified atom stereocenters. The lowest BCUT2D eigenvalue weighted by molar-refractivity contribution is -0.190. The number of hydrogen-bond acceptors (Lipinski definition) is 7. The van der Waals surface area contributed by atoms with Gasteiger partial charge in [-0.15, -0.1) is 11.3 Å². The molecule has 1 aromatic heterocycles. The molecule has 3 atom stereocenters. The van der Waals surface area contributed by atoms with Crippen molar-refractivity contribution in [1.82, 2.24) is 14.9 Å². The highest BCUT2D eigenvalue weighted by Crippen LogP contribution is 2.51. The topological polar surface area (TPSA) is 76.5 Å². The van der Waals surface area contributed by atoms with Gasteiger partial charge in [0.2, 0.25) is 0 Å². The lowest BCUT2D eigenvalue weighted by atomic mass is 9.92. The number of benzene rings is 2. The Labute approximate surface area is 210 Å². The maximum absolute atomic E-state index is 14.6. The number of morpholine rings is 1. The van der Waals surface area contributed by atoms with Crippen LogP contribution in [0.2, 0.25) is 0 Å². The summed E-state index contributed by atoms with van der Waals surface area (Å²) >= 11 is 1.61. The van der Waals surface area contributed by atoms with Gasteiger partial charge in [-0.3, -0.25) is 9.80 Å². The van der Waals surface area contributed by atoms with Gasteiger partial charge < -0.3 is 19.8 Å². The molecule has 4 aliphatic rings. The van der Waals surface area contributed by atoms with Gasteiger partial charge in [-0.25, -0.2) is 4.39 Å². The van der Waals surface area contributed by atoms with Crippen molar-refractivity contribution in [3.63, 3.8) is 0 Å². The van der Waals surface area contributed by atoms with E-state index in [1.807, 2.05) is 28.6 Å². The van der Waals surface area contributed by atoms with Crippen LogP contribution < -0.4 is 0 Å². The Kier molecular flexibility index (Phi) is 4.84. The van der Waals surface area contributed by atoms with Crippen molar-refractivity contribution in [3.8, 4) is 21.6 Å². The summed E-state index contributed by atoms with van der Waals surface area (Å²) < 4.78 is 20.5. The molecule has 2 N–H and O–H groups in total. The highest BCUT2D eigenvalue weighted by atomic mass is 32.1. The zero-order valence-corrected chi connectivity index (χ0v) is 19.9. The first kappa shape index (κ1) is 21.8. The van der Waals surface area contributed by atoms with Gasteiger partial charge in [-0.2, -0.15) is 5.01 Å². The van der Waals surface area contributed by atoms with E-state index >= 15 is 0 Å². The average molecular weight is 504 g/mol. The van der Waals surface area contributed by atoms with Crippen molar-refractivity contribution in [3.05, 3.63) is 94.6 Å². The van der Waals surface area contributed by atoms with Gasteiger partial charge in [-0.05, 0) is 51.9 Å². The minimum Gasteiger partial charge on any atom is -0.507 e. The standard InChI is InChI=1S/C27H22FN3O4S/c28-15-5-6-17-20(13-15)19-8-12-36-26(19)18-4-2-1-3-16(18)23(17)31-22-14-35-11-10-29(22)27(34)24-25(33)21(32)7-9-30(24)31/h1-9,12-13,21-23,32-33H,10-11,14H2/t21?,22-,23-/m0/s1. The number of halogens is 1. The van der Waals surface area contributed by atoms with E-state index in [-0.39, 0.29) is 24.0 Å². The molecule has 0 spiro atoms. The molecular formula is C27H22FN3O4S. The Bertz CT molecular complexity index is 1470. The van der Waals surface area contributed by atoms with Gasteiger partial charge in [0.15, 0.2) is 11.5 Å². The number of hydrogen-bond donors (Lipinski definition) is 2. The molecule has 2 saturated heterocycles. The van der Waals surface area contributed by atoms with E-state index < -0.39 is 24.1 Å². The lowest BCUT2D eigenvalue weighted by Crippen LogP contribution is -2.67. The predicted molar refractivity (Wildman–Crippen MR) is 132 cm³/mol. The predicted octanol–water partition coefficient (Wildman–Crippen LogP) is 4.00. The molecule has 3 aromatic rings. The lowest BCUT2D eigenvalue weighted by Gasteiger charge is -2.55. The normalized spacial score (nSPS) is 25.1. The van der Waals surface area contributed by atoms with Crippen LogP contribution in [0.4, 0.5) is 4.39 Å². The number of carbonyl (C=O) groups excluding carboxylic acids is 1. The van der Waals surface area contributed by atoms with Gasteiger partial charge in [0.05, 0.1) is 19.3 Å². The molecule has 2 fully saturated rings. The third-order valence-electron chi connectivity index (χ3n) is 7.31. The third-order valence-corrected chi connectivity index (χ3v) is 8.26. The van der Waals surface area contributed by atoms with Crippen LogP contribution >= 0.6 is 11.3 Å². The van der Waals surface area contributed by atoms with E-state index in [9.17, 15) is 19.4 Å². The quantitative estimate of drug-likeness (QED) is 0.523. The largest absolute Gasteiger partial charge is 0.507 e. The second kappa shape index (κ2) is 8.01. The third kappa shape index (κ3) is 2.97. The first-order valence-electron chi connectivity index (χ1n) is 11.8. The highest BCUT2D eigenvalue weighted by molar-refractivity contribution is 7.14. The monoisotopic (exact) mass is 503 g/mol. The van der Waals surface area contributed by atoms with Crippen LogP contribution in [-0.4, -0.2) is 63.1 Å². The Balaban J connectivity index is 1.52. The summed E-state index contributed by atoms with van der Waals surface area (Å²) in [6.45, 7) is 0.995. The first-order chi connectivity index (χ1) is 17.5. The molecule has 7 nitrogen and oxygen atoms in total. The molecule has 1 amide bonds. The Morgan fingerprint density at radius 1 is 1.06 bits per heavy atom. The number of rotatable bonds is 1. The van der Waals surface area contributed by atoms with E-state index in [2.05, 4.69) is 12.1 Å². The van der Waals surface area contributed by atoms with Crippen LogP contribution in [0, 0.1) is 5.82 Å². The van der Waals surface area contributed by atoms with Crippen LogP contribution in [0.1, 0.15) is 17.2 Å². The maximum atomic E-state index is 14.6. The number of aliphatic hydroxyl groups excluding tert-OH is 2. The van der Waals surface area contributed by atoms with Crippen LogP contribution in [0.15, 0.2) is 77.6 Å². The number of hydrazine groups is 1. The van der Waals surface area contributed by atoms with Gasteiger partial charge in [0, 0.05) is 23.2 Å². The van der Waals surface area contributed by atoms with E-state index in [1.54, 1.807) is 39.6 Å². The molecule has 36 heavy (non-hydrogen) atoms. The number of fused-ring (bicyclic) bond motifs is 7. The SMILES string of the molecule is O=C1C2=C(O)C(O)C=CN2N([C@@H]2c3ccc(F)cc3-c3ccsc3-c3ccccc32)[C@H]2COCCN12. The smallest absolute Gasteiger partial charge is 0.277 e. The average Bonchev–Trinajstić information content (AvgIpc) is 3.35. The van der Waals surface area contributed by atoms with Gasteiger partial charge in [0.25, 0.3) is 5.91 Å². The van der Waals surface area contributed by atoms with Crippen LogP contribution in [-0.2, 0) is 9.53 Å². The van der Waals surface area contributed by atoms with Crippen LogP contribution in [0.25, 0.3) is 21.6 Å². The fourth-order valence-electron chi connectivity index (χ4n) is 5.73. The van der Waals surface area contributed by atoms with Crippen LogP contribution in [0.5, 0.6) is 0 Å². The van der Waals surface area contributed by atoms with E-state index in [0.717, 1.165) is 32.7 Å². The molecule has 0 bridgehead atoms. The van der Waals surface area contributed by atoms with Crippen LogP contribution in [0.3, 0.4) is 0 Å². The number of ether oxygens (including phenoxy) is 1. The number of nitrogens with zero attached hydrogens (tertiary/aromatic N) is 3. The molecule has 7 rings (SSSR count). The zero-order valence-electron chi connectivity index (χ0n) is 19.0. The van der Waals surface area contributed by atoms with Crippen molar-refractivity contribution >= 4 is 17.2 Å². The summed E-state index contributed by atoms with van der Waals surface area (Å²) in [7, 11) is 0. The molecule has 9 heteroatoms. The van der Waals surface area contributed by atoms with Gasteiger partial charge in [0.1, 0.15) is 18.1 Å². The number of thiophene rings is 1. The molecule has 0 radical (unpaired) electrons. The van der Waals surface area contributed by atoms with Crippen molar-refractivity contribution in [2.45, 2.75) is 18.3 Å². The molecule has 1 aliphatic carbocycles. The Morgan fingerprint density at radius 2 is 1.89 bits per heavy atom. The summed E-state index contributed by atoms with van der Waals surface area (Å²) in [6, 6.07) is 14.5. The fourth-order valence-corrected chi connectivity index (χ4v) is 6.69. The molecule has 4 heterocycles. The van der Waals surface area contributed by atoms with Crippen molar-refractivity contribution in [2.24, 2.45) is 0 Å². The van der Waals surface area contributed by atoms with E-state index in [1.165, 1.54) is 12.1 Å². The van der Waals surface area contributed by atoms with Gasteiger partial charge in [-0.1, -0.05) is 30.3 Å². The molecule has 3 aliphatic heterocycles. The van der Waals surface area contributed by atoms with Crippen molar-refractivity contribution < 1.29 is 24.1 Å². The van der Waals surface area contributed by atoms with E-state index in [4.69, 9.17) is 4.74 Å². The van der Waals surface area contributed by atoms with Crippen molar-refractivity contribution in [1.29, 1.82) is 0 Å². The number of amides is 1. The summed E-state index contributed by atoms with van der Waals surface area (Å²) in [6.07, 6.45) is 1.32. The second-order valence-corrected chi connectivity index (χ2v) is 10.1. The Hall–Kier alpha value is -3.50. The number of aliphatic hydroxyl groups is 2. The molecule has 2 aromatic carbocycles. The zero-order chi connectivity index (χ0) is 24.6. The maximum Gasteiger partial charge on any atom is 0.277 e. The molecule has 0 saturated carbocycles. The summed E-state index contributed by atoms with van der Waals surface area (Å²) in [5.74, 6) is -1.08. The number of carbonyl (C=O) groups is 1. The van der Waals surface area contributed by atoms with Crippen molar-refractivity contribution in [2.75, 3.05) is 19.8 Å². The second-order valence-electron chi connectivity index (χ2n) is 9.18. The van der Waals surface area contributed by atoms with Gasteiger partial charge >= 0.3 is 0 Å². The highest BCUT2D eigenvalue weighted by Gasteiger charge is 2.50. The van der Waals surface area contributed by atoms with E-state index in [0.29, 0.717) is 13.2 Å². The first-order valence-corrected chi connectivity index (χ1v) is 12.6. The minimum absolute atomic E-state index is 0.0170. The summed E-state index contributed by atoms with van der Waals surface area (Å²) in [5, 5.41) is 26.8. The summed E-state index contributed by atoms with van der Waals surface area (Å²) in [4.78, 5) is 16.2.